The second-order valence-corrected chi connectivity index (χ2v) is 12.1. The van der Waals surface area contributed by atoms with Crippen molar-refractivity contribution in [2.24, 2.45) is 0 Å². The van der Waals surface area contributed by atoms with E-state index in [0.717, 1.165) is 16.7 Å². The molecule has 150 valence electrons. The summed E-state index contributed by atoms with van der Waals surface area (Å²) in [5, 5.41) is 0.578. The largest absolute Gasteiger partial charge is 0.291 e. The van der Waals surface area contributed by atoms with Crippen molar-refractivity contribution < 1.29 is 4.79 Å². The average Bonchev–Trinajstić information content (AvgIpc) is 3.13. The number of nitrogens with zero attached hydrogens (tertiary/aromatic N) is 2. The van der Waals surface area contributed by atoms with Gasteiger partial charge in [-0.15, -0.1) is 11.3 Å². The molecule has 0 fully saturated rings. The van der Waals surface area contributed by atoms with E-state index < -0.39 is 3.23 Å². The summed E-state index contributed by atoms with van der Waals surface area (Å²) in [7, 11) is 0. The highest BCUT2D eigenvalue weighted by Crippen LogP contribution is 2.44. The molecule has 2 aromatic heterocycles. The fourth-order valence-electron chi connectivity index (χ4n) is 3.84. The highest BCUT2D eigenvalue weighted by molar-refractivity contribution is 9.26. The van der Waals surface area contributed by atoms with Crippen molar-refractivity contribution in [1.29, 1.82) is 0 Å². The van der Waals surface area contributed by atoms with Crippen molar-refractivity contribution in [2.45, 2.75) is 22.6 Å². The Morgan fingerprint density at radius 2 is 1.67 bits per heavy atom. The van der Waals surface area contributed by atoms with Crippen molar-refractivity contribution in [1.82, 2.24) is 9.55 Å². The van der Waals surface area contributed by atoms with E-state index in [4.69, 9.17) is 4.98 Å². The molecule has 0 atom stereocenters. The normalized spacial score (nSPS) is 15.3. The van der Waals surface area contributed by atoms with Gasteiger partial charge in [0.05, 0.1) is 16.8 Å². The van der Waals surface area contributed by atoms with E-state index in [1.807, 2.05) is 60.7 Å². The number of rotatable bonds is 3. The van der Waals surface area contributed by atoms with E-state index in [9.17, 15) is 9.59 Å². The predicted molar refractivity (Wildman–Crippen MR) is 128 cm³/mol. The molecule has 5 rings (SSSR count). The molecular weight excluding hydrogens is 528 g/mol. The zero-order valence-corrected chi connectivity index (χ0v) is 19.8. The number of benzene rings is 2. The molecule has 30 heavy (non-hydrogen) atoms. The molecule has 1 aliphatic rings. The van der Waals surface area contributed by atoms with E-state index in [-0.39, 0.29) is 11.3 Å². The summed E-state index contributed by atoms with van der Waals surface area (Å²) in [6.45, 7) is 0.423. The van der Waals surface area contributed by atoms with Gasteiger partial charge in [-0.3, -0.25) is 14.2 Å². The Balaban J connectivity index is 1.79. The standard InChI is InChI=1S/C23H16Br2N2O2S/c24-23(25)12-11-16-17-21(30-18(16)19(23)28)26-20(15-9-5-2-6-10-15)27(22(17)29)13-14-7-3-1-4-8-14/h1-10H,11-13H2. The van der Waals surface area contributed by atoms with Crippen LogP contribution < -0.4 is 5.56 Å². The lowest BCUT2D eigenvalue weighted by Crippen LogP contribution is -2.30. The van der Waals surface area contributed by atoms with E-state index in [0.29, 0.717) is 40.3 Å². The highest BCUT2D eigenvalue weighted by Gasteiger charge is 2.41. The molecular formula is C23H16Br2N2O2S. The molecule has 0 N–H and O–H groups in total. The number of halogens is 2. The van der Waals surface area contributed by atoms with Gasteiger partial charge in [0.2, 0.25) is 0 Å². The average molecular weight is 544 g/mol. The van der Waals surface area contributed by atoms with Crippen LogP contribution in [-0.4, -0.2) is 18.6 Å². The van der Waals surface area contributed by atoms with Crippen LogP contribution in [0.1, 0.15) is 27.2 Å². The van der Waals surface area contributed by atoms with Crippen molar-refractivity contribution in [3.8, 4) is 11.4 Å². The fraction of sp³-hybridized carbons (Fsp3) is 0.174. The number of aromatic nitrogens is 2. The van der Waals surface area contributed by atoms with Crippen LogP contribution in [0.4, 0.5) is 0 Å². The Morgan fingerprint density at radius 1 is 1.00 bits per heavy atom. The third-order valence-electron chi connectivity index (χ3n) is 5.35. The lowest BCUT2D eigenvalue weighted by Gasteiger charge is -2.23. The van der Waals surface area contributed by atoms with Crippen LogP contribution in [0.5, 0.6) is 0 Å². The molecule has 0 aliphatic heterocycles. The minimum absolute atomic E-state index is 0.0398. The maximum absolute atomic E-state index is 13.7. The van der Waals surface area contributed by atoms with E-state index in [1.54, 1.807) is 4.57 Å². The minimum Gasteiger partial charge on any atom is -0.291 e. The Morgan fingerprint density at radius 3 is 2.37 bits per heavy atom. The Labute approximate surface area is 193 Å². The first-order chi connectivity index (χ1) is 14.5. The van der Waals surface area contributed by atoms with Gasteiger partial charge in [-0.05, 0) is 24.0 Å². The van der Waals surface area contributed by atoms with Gasteiger partial charge in [-0.1, -0.05) is 92.5 Å². The first-order valence-electron chi connectivity index (χ1n) is 9.54. The van der Waals surface area contributed by atoms with Crippen LogP contribution in [0.3, 0.4) is 0 Å². The number of aryl methyl sites for hydroxylation is 1. The number of Topliss-reactive ketones (excluding diaryl/α,β-unsaturated/α-hetero) is 1. The molecule has 0 saturated heterocycles. The molecule has 0 bridgehead atoms. The van der Waals surface area contributed by atoms with Gasteiger partial charge in [0.15, 0.2) is 5.78 Å². The third-order valence-corrected chi connectivity index (χ3v) is 7.99. The molecule has 0 unspecified atom stereocenters. The van der Waals surface area contributed by atoms with Crippen LogP contribution in [0, 0.1) is 0 Å². The van der Waals surface area contributed by atoms with E-state index in [2.05, 4.69) is 31.9 Å². The number of thiophene rings is 1. The molecule has 0 spiro atoms. The first kappa shape index (κ1) is 19.8. The minimum atomic E-state index is -0.765. The molecule has 0 radical (unpaired) electrons. The van der Waals surface area contributed by atoms with Crippen LogP contribution >= 0.6 is 43.2 Å². The summed E-state index contributed by atoms with van der Waals surface area (Å²) in [4.78, 5) is 32.8. The van der Waals surface area contributed by atoms with Crippen LogP contribution in [-0.2, 0) is 13.0 Å². The summed E-state index contributed by atoms with van der Waals surface area (Å²) in [5.74, 6) is 0.578. The second kappa shape index (κ2) is 7.55. The number of carbonyl (C=O) groups is 1. The van der Waals surface area contributed by atoms with Crippen molar-refractivity contribution >= 4 is 59.2 Å². The molecule has 0 amide bonds. The van der Waals surface area contributed by atoms with Crippen molar-refractivity contribution in [3.05, 3.63) is 87.0 Å². The van der Waals surface area contributed by atoms with Gasteiger partial charge in [-0.2, -0.15) is 0 Å². The Bertz CT molecular complexity index is 1330. The van der Waals surface area contributed by atoms with Gasteiger partial charge in [0.25, 0.3) is 5.56 Å². The summed E-state index contributed by atoms with van der Waals surface area (Å²) in [5.41, 5.74) is 2.64. The lowest BCUT2D eigenvalue weighted by molar-refractivity contribution is 0.0977. The predicted octanol–water partition coefficient (Wildman–Crippen LogP) is 5.79. The maximum Gasteiger partial charge on any atom is 0.263 e. The first-order valence-corrected chi connectivity index (χ1v) is 11.9. The Hall–Kier alpha value is -2.09. The fourth-order valence-corrected chi connectivity index (χ4v) is 6.13. The summed E-state index contributed by atoms with van der Waals surface area (Å²) in [6, 6.07) is 19.6. The summed E-state index contributed by atoms with van der Waals surface area (Å²) >= 11 is 8.28. The van der Waals surface area contributed by atoms with Gasteiger partial charge in [0.1, 0.15) is 13.9 Å². The monoisotopic (exact) mass is 542 g/mol. The zero-order chi connectivity index (χ0) is 20.9. The van der Waals surface area contributed by atoms with Crippen LogP contribution in [0.2, 0.25) is 0 Å². The number of ketones is 1. The third kappa shape index (κ3) is 3.29. The van der Waals surface area contributed by atoms with E-state index >= 15 is 0 Å². The van der Waals surface area contributed by atoms with Gasteiger partial charge in [-0.25, -0.2) is 4.98 Å². The Kier molecular flexibility index (Phi) is 5.00. The van der Waals surface area contributed by atoms with Gasteiger partial charge < -0.3 is 0 Å². The lowest BCUT2D eigenvalue weighted by atomic mass is 9.96. The number of hydrogen-bond donors (Lipinski definition) is 0. The van der Waals surface area contributed by atoms with E-state index in [1.165, 1.54) is 11.3 Å². The topological polar surface area (TPSA) is 52.0 Å². The molecule has 2 heterocycles. The number of hydrogen-bond acceptors (Lipinski definition) is 4. The second-order valence-electron chi connectivity index (χ2n) is 7.30. The number of alkyl halides is 2. The molecule has 0 saturated carbocycles. The molecule has 1 aliphatic carbocycles. The SMILES string of the molecule is O=C1c2sc3nc(-c4ccccc4)n(Cc4ccccc4)c(=O)c3c2CCC1(Br)Br. The van der Waals surface area contributed by atoms with Crippen molar-refractivity contribution in [2.75, 3.05) is 0 Å². The molecule has 2 aromatic carbocycles. The summed E-state index contributed by atoms with van der Waals surface area (Å²) < 4.78 is 0.966. The molecule has 4 nitrogen and oxygen atoms in total. The van der Waals surface area contributed by atoms with Gasteiger partial charge in [0, 0.05) is 5.56 Å². The zero-order valence-electron chi connectivity index (χ0n) is 15.8. The van der Waals surface area contributed by atoms with Crippen LogP contribution in [0.25, 0.3) is 21.6 Å². The summed E-state index contributed by atoms with van der Waals surface area (Å²) in [6.07, 6.45) is 1.23. The highest BCUT2D eigenvalue weighted by atomic mass is 79.9. The smallest absolute Gasteiger partial charge is 0.263 e. The quantitative estimate of drug-likeness (QED) is 0.307. The molecule has 4 aromatic rings. The van der Waals surface area contributed by atoms with Crippen molar-refractivity contribution in [3.63, 3.8) is 0 Å². The maximum atomic E-state index is 13.7. The van der Waals surface area contributed by atoms with Crippen LogP contribution in [0.15, 0.2) is 65.5 Å². The van der Waals surface area contributed by atoms with Gasteiger partial charge >= 0.3 is 0 Å². The number of carbonyl (C=O) groups excluding carboxylic acids is 1. The number of fused-ring (bicyclic) bond motifs is 3. The molecule has 7 heteroatoms.